The first-order valence-corrected chi connectivity index (χ1v) is 15.2. The predicted octanol–water partition coefficient (Wildman–Crippen LogP) is 5.73. The quantitative estimate of drug-likeness (QED) is 0.363. The highest BCUT2D eigenvalue weighted by atomic mass is 79.9. The van der Waals surface area contributed by atoms with Crippen LogP contribution in [0, 0.1) is 5.92 Å². The highest BCUT2D eigenvalue weighted by molar-refractivity contribution is 9.10. The van der Waals surface area contributed by atoms with Crippen molar-refractivity contribution in [1.29, 1.82) is 0 Å². The Bertz CT molecular complexity index is 1090. The monoisotopic (exact) mass is 551 g/mol. The molecule has 5 heteroatoms. The molecule has 186 valence electrons. The largest absolute Gasteiger partial charge is 0.407 e. The maximum atomic E-state index is 10.2. The molecule has 1 unspecified atom stereocenters. The Labute approximate surface area is 220 Å². The van der Waals surface area contributed by atoms with Crippen molar-refractivity contribution >= 4 is 40.3 Å². The molecule has 3 aromatic carbocycles. The number of hydrogen-bond donors (Lipinski definition) is 1. The summed E-state index contributed by atoms with van der Waals surface area (Å²) in [4.78, 5) is 2.43. The van der Waals surface area contributed by atoms with Crippen LogP contribution in [0.4, 0.5) is 5.69 Å². The van der Waals surface area contributed by atoms with E-state index in [1.54, 1.807) is 0 Å². The molecule has 3 aromatic rings. The third-order valence-electron chi connectivity index (χ3n) is 7.37. The smallest absolute Gasteiger partial charge is 0.261 e. The normalized spacial score (nSPS) is 19.0. The van der Waals surface area contributed by atoms with Gasteiger partial charge in [0.25, 0.3) is 8.32 Å². The van der Waals surface area contributed by atoms with Gasteiger partial charge in [0, 0.05) is 35.3 Å². The van der Waals surface area contributed by atoms with Crippen molar-refractivity contribution in [3.8, 4) is 0 Å². The summed E-state index contributed by atoms with van der Waals surface area (Å²) >= 11 is 3.64. The van der Waals surface area contributed by atoms with Crippen LogP contribution < -0.4 is 15.3 Å². The first-order valence-electron chi connectivity index (χ1n) is 12.5. The number of anilines is 1. The summed E-state index contributed by atoms with van der Waals surface area (Å²) in [6, 6.07) is 28.1. The van der Waals surface area contributed by atoms with Crippen molar-refractivity contribution in [3.63, 3.8) is 0 Å². The number of nitrogens with zero attached hydrogens (tertiary/aromatic N) is 1. The van der Waals surface area contributed by atoms with Crippen LogP contribution in [-0.4, -0.2) is 39.7 Å². The van der Waals surface area contributed by atoms with Gasteiger partial charge in [-0.25, -0.2) is 0 Å². The Morgan fingerprint density at radius 3 is 2.09 bits per heavy atom. The number of fused-ring (bicyclic) bond motifs is 1. The van der Waals surface area contributed by atoms with Crippen molar-refractivity contribution in [2.24, 2.45) is 5.92 Å². The Morgan fingerprint density at radius 1 is 1.00 bits per heavy atom. The summed E-state index contributed by atoms with van der Waals surface area (Å²) in [6.07, 6.45) is 0. The minimum absolute atomic E-state index is 0.0318. The first-order chi connectivity index (χ1) is 16.6. The molecule has 35 heavy (non-hydrogen) atoms. The van der Waals surface area contributed by atoms with Gasteiger partial charge in [-0.05, 0) is 39.0 Å². The van der Waals surface area contributed by atoms with Crippen LogP contribution in [0.1, 0.15) is 40.2 Å². The zero-order valence-electron chi connectivity index (χ0n) is 21.6. The van der Waals surface area contributed by atoms with E-state index in [4.69, 9.17) is 4.43 Å². The molecule has 0 fully saturated rings. The number of halogens is 1. The van der Waals surface area contributed by atoms with Crippen molar-refractivity contribution in [3.05, 3.63) is 88.9 Å². The molecule has 4 rings (SSSR count). The van der Waals surface area contributed by atoms with Gasteiger partial charge in [0.15, 0.2) is 0 Å². The summed E-state index contributed by atoms with van der Waals surface area (Å²) in [5.74, 6) is 0.324. The lowest BCUT2D eigenvalue weighted by Gasteiger charge is -2.43. The number of hydrogen-bond acceptors (Lipinski definition) is 3. The first kappa shape index (κ1) is 26.1. The van der Waals surface area contributed by atoms with Gasteiger partial charge in [0.05, 0.1) is 6.61 Å². The van der Waals surface area contributed by atoms with E-state index in [-0.39, 0.29) is 17.1 Å². The zero-order valence-corrected chi connectivity index (χ0v) is 24.2. The Morgan fingerprint density at radius 2 is 1.57 bits per heavy atom. The van der Waals surface area contributed by atoms with E-state index in [0.717, 1.165) is 17.6 Å². The molecule has 0 bridgehead atoms. The molecule has 0 radical (unpaired) electrons. The van der Waals surface area contributed by atoms with E-state index in [9.17, 15) is 5.11 Å². The summed E-state index contributed by atoms with van der Waals surface area (Å²) in [7, 11) is -2.55. The van der Waals surface area contributed by atoms with E-state index in [0.29, 0.717) is 12.5 Å². The fraction of sp³-hybridized carbons (Fsp3) is 0.400. The summed E-state index contributed by atoms with van der Waals surface area (Å²) in [6.45, 7) is 13.9. The van der Waals surface area contributed by atoms with E-state index < -0.39 is 8.32 Å². The zero-order chi connectivity index (χ0) is 25.3. The fourth-order valence-electron chi connectivity index (χ4n) is 5.62. The molecule has 0 amide bonds. The third kappa shape index (κ3) is 5.01. The summed E-state index contributed by atoms with van der Waals surface area (Å²) in [5, 5.41) is 12.8. The van der Waals surface area contributed by atoms with E-state index in [2.05, 4.69) is 134 Å². The number of benzene rings is 3. The van der Waals surface area contributed by atoms with Gasteiger partial charge in [-0.1, -0.05) is 117 Å². The average Bonchev–Trinajstić information content (AvgIpc) is 3.11. The van der Waals surface area contributed by atoms with E-state index >= 15 is 0 Å². The van der Waals surface area contributed by atoms with Crippen molar-refractivity contribution in [1.82, 2.24) is 0 Å². The lowest BCUT2D eigenvalue weighted by molar-refractivity contribution is 0.211. The maximum absolute atomic E-state index is 10.2. The SMILES string of the molecule is C[C@H](CO[Si](c1ccccc1)(c1ccccc1)C(C)(C)C)CN1CC(C)(CO)c2ccc(Br)cc21. The molecule has 1 aliphatic rings. The Balaban J connectivity index is 1.62. The lowest BCUT2D eigenvalue weighted by Crippen LogP contribution is -2.67. The van der Waals surface area contributed by atoms with Gasteiger partial charge in [-0.15, -0.1) is 0 Å². The Hall–Kier alpha value is -1.92. The van der Waals surface area contributed by atoms with Gasteiger partial charge < -0.3 is 14.4 Å². The molecule has 0 aliphatic carbocycles. The minimum Gasteiger partial charge on any atom is -0.407 e. The number of aliphatic hydroxyl groups is 1. The Kier molecular flexibility index (Phi) is 7.63. The highest BCUT2D eigenvalue weighted by Gasteiger charge is 2.50. The molecule has 3 nitrogen and oxygen atoms in total. The van der Waals surface area contributed by atoms with Crippen LogP contribution in [0.3, 0.4) is 0 Å². The van der Waals surface area contributed by atoms with E-state index in [1.165, 1.54) is 21.6 Å². The van der Waals surface area contributed by atoms with Crippen LogP contribution in [-0.2, 0) is 9.84 Å². The van der Waals surface area contributed by atoms with Crippen LogP contribution in [0.25, 0.3) is 0 Å². The fourth-order valence-corrected chi connectivity index (χ4v) is 10.7. The maximum Gasteiger partial charge on any atom is 0.261 e. The molecule has 0 saturated carbocycles. The van der Waals surface area contributed by atoms with Gasteiger partial charge in [0.2, 0.25) is 0 Å². The van der Waals surface area contributed by atoms with Crippen LogP contribution in [0.5, 0.6) is 0 Å². The van der Waals surface area contributed by atoms with Crippen molar-refractivity contribution in [2.75, 3.05) is 31.2 Å². The highest BCUT2D eigenvalue weighted by Crippen LogP contribution is 2.42. The topological polar surface area (TPSA) is 32.7 Å². The van der Waals surface area contributed by atoms with Gasteiger partial charge >= 0.3 is 0 Å². The average molecular weight is 553 g/mol. The van der Waals surface area contributed by atoms with Crippen molar-refractivity contribution < 1.29 is 9.53 Å². The van der Waals surface area contributed by atoms with Gasteiger partial charge in [-0.3, -0.25) is 0 Å². The third-order valence-corrected chi connectivity index (χ3v) is 12.9. The van der Waals surface area contributed by atoms with Crippen LogP contribution in [0.2, 0.25) is 5.04 Å². The van der Waals surface area contributed by atoms with Gasteiger partial charge in [0.1, 0.15) is 0 Å². The molecular formula is C30H38BrNO2Si. The molecule has 0 aromatic heterocycles. The molecule has 1 heterocycles. The summed E-state index contributed by atoms with van der Waals surface area (Å²) < 4.78 is 8.25. The number of rotatable bonds is 8. The molecule has 0 spiro atoms. The molecular weight excluding hydrogens is 514 g/mol. The second-order valence-electron chi connectivity index (χ2n) is 11.3. The number of aliphatic hydroxyl groups excluding tert-OH is 1. The van der Waals surface area contributed by atoms with E-state index in [1.807, 2.05) is 0 Å². The van der Waals surface area contributed by atoms with Crippen LogP contribution in [0.15, 0.2) is 83.3 Å². The standard InChI is InChI=1S/C30H38BrNO2Si/c1-23(19-32-21-30(5,22-33)27-17-16-24(31)18-28(27)32)20-34-35(29(2,3)4,25-12-8-6-9-13-25)26-14-10-7-11-15-26/h6-18,23,33H,19-22H2,1-5H3/t23-,30?/m0/s1. The van der Waals surface area contributed by atoms with Gasteiger partial charge in [-0.2, -0.15) is 0 Å². The second-order valence-corrected chi connectivity index (χ2v) is 16.6. The van der Waals surface area contributed by atoms with Crippen LogP contribution >= 0.6 is 15.9 Å². The second kappa shape index (κ2) is 10.2. The lowest BCUT2D eigenvalue weighted by atomic mass is 9.85. The molecule has 0 saturated heterocycles. The molecule has 1 N–H and O–H groups in total. The summed E-state index contributed by atoms with van der Waals surface area (Å²) in [5.41, 5.74) is 2.20. The predicted molar refractivity (Wildman–Crippen MR) is 154 cm³/mol. The minimum atomic E-state index is -2.55. The molecule has 2 atom stereocenters. The molecule has 1 aliphatic heterocycles. The van der Waals surface area contributed by atoms with Crippen molar-refractivity contribution in [2.45, 2.75) is 45.1 Å².